The van der Waals surface area contributed by atoms with Crippen molar-refractivity contribution in [2.24, 2.45) is 0 Å². The lowest BCUT2D eigenvalue weighted by Gasteiger charge is -2.25. The molecule has 0 spiro atoms. The number of carbonyl (C=O) groups is 1. The molecule has 0 N–H and O–H groups in total. The number of amides is 1. The van der Waals surface area contributed by atoms with Gasteiger partial charge in [0, 0.05) is 27.7 Å². The van der Waals surface area contributed by atoms with Crippen LogP contribution in [0.2, 0.25) is 0 Å². The third-order valence-corrected chi connectivity index (χ3v) is 4.50. The molecule has 20 heavy (non-hydrogen) atoms. The highest BCUT2D eigenvalue weighted by Gasteiger charge is 2.26. The number of nitrogens with zero attached hydrogens (tertiary/aromatic N) is 1. The van der Waals surface area contributed by atoms with Crippen LogP contribution in [0.4, 0.5) is 4.39 Å². The third-order valence-electron chi connectivity index (χ3n) is 2.72. The maximum Gasteiger partial charge on any atom is 0.264 e. The number of benzene rings is 1. The van der Waals surface area contributed by atoms with Crippen molar-refractivity contribution in [3.05, 3.63) is 28.0 Å². The molecule has 1 amide bonds. The van der Waals surface area contributed by atoms with Gasteiger partial charge in [-0.25, -0.2) is 12.8 Å². The van der Waals surface area contributed by atoms with E-state index in [1.54, 1.807) is 20.8 Å². The normalized spacial score (nSPS) is 11.8. The Morgan fingerprint density at radius 2 is 2.00 bits per heavy atom. The van der Waals surface area contributed by atoms with E-state index in [9.17, 15) is 17.6 Å². The molecule has 8 heteroatoms. The Morgan fingerprint density at radius 1 is 1.45 bits per heavy atom. The highest BCUT2D eigenvalue weighted by molar-refractivity contribution is 9.10. The van der Waals surface area contributed by atoms with Crippen molar-refractivity contribution in [2.75, 3.05) is 6.54 Å². The van der Waals surface area contributed by atoms with Gasteiger partial charge in [-0.05, 0) is 32.9 Å². The molecule has 0 aliphatic heterocycles. The van der Waals surface area contributed by atoms with Crippen molar-refractivity contribution in [1.82, 2.24) is 4.90 Å². The van der Waals surface area contributed by atoms with E-state index < -0.39 is 25.7 Å². The van der Waals surface area contributed by atoms with Gasteiger partial charge in [-0.2, -0.15) is 0 Å². The molecule has 0 saturated heterocycles. The fourth-order valence-electron chi connectivity index (χ4n) is 1.80. The molecule has 4 nitrogen and oxygen atoms in total. The largest absolute Gasteiger partial charge is 0.336 e. The Bertz CT molecular complexity index is 634. The van der Waals surface area contributed by atoms with E-state index >= 15 is 0 Å². The summed E-state index contributed by atoms with van der Waals surface area (Å²) in [6.45, 7) is 5.71. The lowest BCUT2D eigenvalue weighted by atomic mass is 10.1. The topological polar surface area (TPSA) is 54.5 Å². The molecule has 0 saturated carbocycles. The van der Waals surface area contributed by atoms with Crippen LogP contribution in [-0.4, -0.2) is 31.8 Å². The first kappa shape index (κ1) is 17.4. The Balaban J connectivity index is 3.47. The number of halogens is 3. The summed E-state index contributed by atoms with van der Waals surface area (Å²) in [7, 11) is 0.907. The van der Waals surface area contributed by atoms with Crippen LogP contribution in [-0.2, 0) is 9.05 Å². The van der Waals surface area contributed by atoms with Crippen molar-refractivity contribution in [3.8, 4) is 0 Å². The van der Waals surface area contributed by atoms with Crippen molar-refractivity contribution in [1.29, 1.82) is 0 Å². The zero-order valence-corrected chi connectivity index (χ0v) is 14.3. The summed E-state index contributed by atoms with van der Waals surface area (Å²) in [6.07, 6.45) is 0. The molecule has 1 rings (SSSR count). The summed E-state index contributed by atoms with van der Waals surface area (Å²) >= 11 is 3.06. The van der Waals surface area contributed by atoms with E-state index in [4.69, 9.17) is 10.7 Å². The van der Waals surface area contributed by atoms with Crippen LogP contribution in [0.25, 0.3) is 0 Å². The van der Waals surface area contributed by atoms with Gasteiger partial charge in [-0.15, -0.1) is 0 Å². The molecule has 0 bridgehead atoms. The third kappa shape index (κ3) is 3.71. The monoisotopic (exact) mass is 385 g/mol. The Labute approximate surface area is 130 Å². The minimum Gasteiger partial charge on any atom is -0.336 e. The van der Waals surface area contributed by atoms with Gasteiger partial charge in [-0.3, -0.25) is 4.79 Å². The lowest BCUT2D eigenvalue weighted by Crippen LogP contribution is -2.37. The van der Waals surface area contributed by atoms with Crippen LogP contribution < -0.4 is 0 Å². The molecule has 0 aromatic heterocycles. The van der Waals surface area contributed by atoms with Crippen LogP contribution in [0.1, 0.15) is 31.1 Å². The molecule has 0 atom stereocenters. The molecule has 1 aromatic carbocycles. The van der Waals surface area contributed by atoms with Gasteiger partial charge in [0.05, 0.1) is 5.56 Å². The van der Waals surface area contributed by atoms with E-state index in [2.05, 4.69) is 15.9 Å². The summed E-state index contributed by atoms with van der Waals surface area (Å²) < 4.78 is 37.2. The molecule has 0 unspecified atom stereocenters. The first-order valence-corrected chi connectivity index (χ1v) is 8.94. The first-order valence-electron chi connectivity index (χ1n) is 5.84. The fraction of sp³-hybridized carbons (Fsp3) is 0.417. The van der Waals surface area contributed by atoms with Crippen LogP contribution in [0.5, 0.6) is 0 Å². The highest BCUT2D eigenvalue weighted by atomic mass is 79.9. The zero-order valence-electron chi connectivity index (χ0n) is 11.2. The summed E-state index contributed by atoms with van der Waals surface area (Å²) in [5.74, 6) is -1.71. The summed E-state index contributed by atoms with van der Waals surface area (Å²) in [6, 6.07) is 2.14. The number of rotatable bonds is 4. The molecule has 0 fully saturated rings. The van der Waals surface area contributed by atoms with Crippen molar-refractivity contribution in [3.63, 3.8) is 0 Å². The standard InChI is InChI=1S/C12H14BrClFNO3S/c1-4-16(7(2)3)12(17)9-5-8(13)6-10(11(9)15)20(14,18)19/h5-7H,4H2,1-3H3. The predicted molar refractivity (Wildman–Crippen MR) is 79.0 cm³/mol. The van der Waals surface area contributed by atoms with Gasteiger partial charge in [0.1, 0.15) is 4.90 Å². The summed E-state index contributed by atoms with van der Waals surface area (Å²) in [5.41, 5.74) is -0.325. The molecule has 0 aliphatic rings. The van der Waals surface area contributed by atoms with E-state index in [-0.39, 0.29) is 16.1 Å². The quantitative estimate of drug-likeness (QED) is 0.745. The Morgan fingerprint density at radius 3 is 2.40 bits per heavy atom. The molecular weight excluding hydrogens is 373 g/mol. The highest BCUT2D eigenvalue weighted by Crippen LogP contribution is 2.27. The first-order chi connectivity index (χ1) is 9.09. The van der Waals surface area contributed by atoms with Gasteiger partial charge < -0.3 is 4.90 Å². The predicted octanol–water partition coefficient (Wildman–Crippen LogP) is 3.39. The summed E-state index contributed by atoms with van der Waals surface area (Å²) in [4.78, 5) is 13.0. The van der Waals surface area contributed by atoms with Crippen LogP contribution in [0.15, 0.2) is 21.5 Å². The average molecular weight is 387 g/mol. The van der Waals surface area contributed by atoms with Crippen molar-refractivity contribution >= 4 is 41.6 Å². The van der Waals surface area contributed by atoms with E-state index in [0.29, 0.717) is 6.54 Å². The van der Waals surface area contributed by atoms with Crippen LogP contribution in [0, 0.1) is 5.82 Å². The molecule has 0 heterocycles. The second kappa shape index (κ2) is 6.41. The molecule has 1 aromatic rings. The Kier molecular flexibility index (Phi) is 5.57. The maximum atomic E-state index is 14.2. The number of carbonyl (C=O) groups excluding carboxylic acids is 1. The molecule has 0 aliphatic carbocycles. The van der Waals surface area contributed by atoms with Gasteiger partial charge in [0.25, 0.3) is 15.0 Å². The van der Waals surface area contributed by atoms with Gasteiger partial charge >= 0.3 is 0 Å². The van der Waals surface area contributed by atoms with Crippen LogP contribution in [0.3, 0.4) is 0 Å². The van der Waals surface area contributed by atoms with E-state index in [1.165, 1.54) is 11.0 Å². The fourth-order valence-corrected chi connectivity index (χ4v) is 3.33. The molecule has 112 valence electrons. The van der Waals surface area contributed by atoms with Gasteiger partial charge in [0.2, 0.25) is 0 Å². The second-order valence-corrected chi connectivity index (χ2v) is 7.84. The number of hydrogen-bond donors (Lipinski definition) is 0. The zero-order chi connectivity index (χ0) is 15.7. The smallest absolute Gasteiger partial charge is 0.264 e. The minimum absolute atomic E-state index is 0.137. The van der Waals surface area contributed by atoms with Crippen molar-refractivity contribution in [2.45, 2.75) is 31.7 Å². The van der Waals surface area contributed by atoms with E-state index in [1.807, 2.05) is 0 Å². The van der Waals surface area contributed by atoms with Crippen LogP contribution >= 0.6 is 26.6 Å². The number of hydrogen-bond acceptors (Lipinski definition) is 3. The minimum atomic E-state index is -4.27. The molecular formula is C12H14BrClFNO3S. The van der Waals surface area contributed by atoms with Crippen molar-refractivity contribution < 1.29 is 17.6 Å². The summed E-state index contributed by atoms with van der Waals surface area (Å²) in [5, 5.41) is 0. The van der Waals surface area contributed by atoms with E-state index in [0.717, 1.165) is 6.07 Å². The van der Waals surface area contributed by atoms with Gasteiger partial charge in [-0.1, -0.05) is 15.9 Å². The second-order valence-electron chi connectivity index (χ2n) is 4.39. The Hall–Kier alpha value is -0.660. The SMILES string of the molecule is CCN(C(=O)c1cc(Br)cc(S(=O)(=O)Cl)c1F)C(C)C. The molecule has 0 radical (unpaired) electrons. The maximum absolute atomic E-state index is 14.2. The lowest BCUT2D eigenvalue weighted by molar-refractivity contribution is 0.0711. The average Bonchev–Trinajstić information content (AvgIpc) is 2.30. The van der Waals surface area contributed by atoms with Gasteiger partial charge in [0.15, 0.2) is 5.82 Å².